The van der Waals surface area contributed by atoms with Crippen LogP contribution in [0, 0.1) is 13.8 Å². The van der Waals surface area contributed by atoms with Crippen LogP contribution >= 0.6 is 0 Å². The molecule has 2 unspecified atom stereocenters. The lowest BCUT2D eigenvalue weighted by atomic mass is 10.0. The van der Waals surface area contributed by atoms with Crippen molar-refractivity contribution >= 4 is 0 Å². The Hall–Kier alpha value is -2.00. The molecular formula is C21H29NO2. The fourth-order valence-corrected chi connectivity index (χ4v) is 2.90. The van der Waals surface area contributed by atoms with Gasteiger partial charge in [0, 0.05) is 12.1 Å². The molecule has 0 aliphatic carbocycles. The lowest BCUT2D eigenvalue weighted by Gasteiger charge is -2.21. The largest absolute Gasteiger partial charge is 0.504 e. The van der Waals surface area contributed by atoms with Gasteiger partial charge in [0.15, 0.2) is 11.5 Å². The van der Waals surface area contributed by atoms with E-state index < -0.39 is 0 Å². The van der Waals surface area contributed by atoms with Crippen molar-refractivity contribution in [2.75, 3.05) is 7.11 Å². The van der Waals surface area contributed by atoms with Crippen molar-refractivity contribution in [1.82, 2.24) is 5.32 Å². The van der Waals surface area contributed by atoms with Crippen LogP contribution in [0.3, 0.4) is 0 Å². The van der Waals surface area contributed by atoms with Gasteiger partial charge in [-0.2, -0.15) is 0 Å². The van der Waals surface area contributed by atoms with Gasteiger partial charge in [0.1, 0.15) is 0 Å². The lowest BCUT2D eigenvalue weighted by Crippen LogP contribution is -2.29. The molecule has 0 spiro atoms. The number of rotatable bonds is 7. The van der Waals surface area contributed by atoms with Crippen molar-refractivity contribution in [3.63, 3.8) is 0 Å². The predicted octanol–water partition coefficient (Wildman–Crippen LogP) is 4.69. The maximum Gasteiger partial charge on any atom is 0.160 e. The number of benzene rings is 2. The molecule has 2 rings (SSSR count). The number of phenols is 1. The highest BCUT2D eigenvalue weighted by Gasteiger charge is 2.11. The molecule has 0 bridgehead atoms. The van der Waals surface area contributed by atoms with E-state index >= 15 is 0 Å². The standard InChI is InChI=1S/C21H29NO2/c1-14-6-10-19(12-15(14)2)17(4)22-16(3)7-8-18-9-11-20(23)21(13-18)24-5/h6,9-13,16-17,22-23H,7-8H2,1-5H3. The van der Waals surface area contributed by atoms with Gasteiger partial charge >= 0.3 is 0 Å². The van der Waals surface area contributed by atoms with Crippen molar-refractivity contribution in [3.05, 3.63) is 58.7 Å². The number of phenolic OH excluding ortho intramolecular Hbond substituents is 1. The second-order valence-electron chi connectivity index (χ2n) is 6.68. The van der Waals surface area contributed by atoms with Gasteiger partial charge in [0.05, 0.1) is 7.11 Å². The lowest BCUT2D eigenvalue weighted by molar-refractivity contribution is 0.372. The molecule has 0 saturated carbocycles. The average Bonchev–Trinajstić information content (AvgIpc) is 2.56. The van der Waals surface area contributed by atoms with Gasteiger partial charge in [0.2, 0.25) is 0 Å². The molecule has 2 atom stereocenters. The first-order valence-corrected chi connectivity index (χ1v) is 8.59. The summed E-state index contributed by atoms with van der Waals surface area (Å²) in [5.41, 5.74) is 5.18. The average molecular weight is 327 g/mol. The molecule has 24 heavy (non-hydrogen) atoms. The number of ether oxygens (including phenoxy) is 1. The van der Waals surface area contributed by atoms with Crippen molar-refractivity contribution in [2.24, 2.45) is 0 Å². The van der Waals surface area contributed by atoms with Gasteiger partial charge < -0.3 is 15.2 Å². The Labute approximate surface area is 145 Å². The summed E-state index contributed by atoms with van der Waals surface area (Å²) < 4.78 is 5.17. The maximum absolute atomic E-state index is 9.66. The van der Waals surface area contributed by atoms with Gasteiger partial charge in [-0.25, -0.2) is 0 Å². The molecule has 0 saturated heterocycles. The first-order chi connectivity index (χ1) is 11.4. The van der Waals surface area contributed by atoms with Gasteiger partial charge in [-0.05, 0) is 74.9 Å². The van der Waals surface area contributed by atoms with Gasteiger partial charge in [-0.15, -0.1) is 0 Å². The molecule has 0 heterocycles. The summed E-state index contributed by atoms with van der Waals surface area (Å²) in [6.45, 7) is 8.73. The molecule has 0 fully saturated rings. The van der Waals surface area contributed by atoms with E-state index in [1.165, 1.54) is 22.3 Å². The van der Waals surface area contributed by atoms with Crippen LogP contribution < -0.4 is 10.1 Å². The number of methoxy groups -OCH3 is 1. The third kappa shape index (κ3) is 4.75. The zero-order valence-corrected chi connectivity index (χ0v) is 15.4. The van der Waals surface area contributed by atoms with Gasteiger partial charge in [0.25, 0.3) is 0 Å². The van der Waals surface area contributed by atoms with Crippen molar-refractivity contribution < 1.29 is 9.84 Å². The van der Waals surface area contributed by atoms with Crippen molar-refractivity contribution in [3.8, 4) is 11.5 Å². The van der Waals surface area contributed by atoms with Crippen LogP contribution in [0.25, 0.3) is 0 Å². The Morgan fingerprint density at radius 3 is 2.46 bits per heavy atom. The Bertz CT molecular complexity index is 682. The minimum Gasteiger partial charge on any atom is -0.504 e. The molecular weight excluding hydrogens is 298 g/mol. The quantitative estimate of drug-likeness (QED) is 0.775. The highest BCUT2D eigenvalue weighted by Crippen LogP contribution is 2.27. The fourth-order valence-electron chi connectivity index (χ4n) is 2.90. The summed E-state index contributed by atoms with van der Waals surface area (Å²) in [5, 5.41) is 13.3. The number of aryl methyl sites for hydroxylation is 3. The van der Waals surface area contributed by atoms with E-state index in [0.717, 1.165) is 12.8 Å². The predicted molar refractivity (Wildman–Crippen MR) is 99.9 cm³/mol. The third-order valence-corrected chi connectivity index (χ3v) is 4.68. The SMILES string of the molecule is COc1cc(CCC(C)NC(C)c2ccc(C)c(C)c2)ccc1O. The molecule has 3 nitrogen and oxygen atoms in total. The second-order valence-corrected chi connectivity index (χ2v) is 6.68. The Morgan fingerprint density at radius 1 is 1.04 bits per heavy atom. The van der Waals surface area contributed by atoms with Crippen LogP contribution in [0.1, 0.15) is 48.6 Å². The Kier molecular flexibility index (Phi) is 6.27. The molecule has 0 aliphatic rings. The molecule has 2 N–H and O–H groups in total. The molecule has 3 heteroatoms. The Balaban J connectivity index is 1.90. The van der Waals surface area contributed by atoms with E-state index in [0.29, 0.717) is 17.8 Å². The monoisotopic (exact) mass is 327 g/mol. The molecule has 0 radical (unpaired) electrons. The molecule has 2 aromatic carbocycles. The number of hydrogen-bond acceptors (Lipinski definition) is 3. The number of nitrogens with one attached hydrogen (secondary N) is 1. The zero-order chi connectivity index (χ0) is 17.7. The summed E-state index contributed by atoms with van der Waals surface area (Å²) in [4.78, 5) is 0. The van der Waals surface area contributed by atoms with Gasteiger partial charge in [-0.1, -0.05) is 24.3 Å². The summed E-state index contributed by atoms with van der Waals surface area (Å²) in [6.07, 6.45) is 1.98. The number of hydrogen-bond donors (Lipinski definition) is 2. The van der Waals surface area contributed by atoms with Crippen LogP contribution in [0.15, 0.2) is 36.4 Å². The molecule has 130 valence electrons. The fraction of sp³-hybridized carbons (Fsp3) is 0.429. The smallest absolute Gasteiger partial charge is 0.160 e. The molecule has 0 aromatic heterocycles. The van der Waals surface area contributed by atoms with E-state index in [-0.39, 0.29) is 5.75 Å². The van der Waals surface area contributed by atoms with E-state index in [1.54, 1.807) is 13.2 Å². The maximum atomic E-state index is 9.66. The highest BCUT2D eigenvalue weighted by molar-refractivity contribution is 5.41. The number of aromatic hydroxyl groups is 1. The minimum absolute atomic E-state index is 0.191. The highest BCUT2D eigenvalue weighted by atomic mass is 16.5. The summed E-state index contributed by atoms with van der Waals surface area (Å²) in [7, 11) is 1.58. The van der Waals surface area contributed by atoms with E-state index in [9.17, 15) is 5.11 Å². The van der Waals surface area contributed by atoms with Crippen molar-refractivity contribution in [1.29, 1.82) is 0 Å². The normalized spacial score (nSPS) is 13.5. The molecule has 0 aliphatic heterocycles. The van der Waals surface area contributed by atoms with Crippen molar-refractivity contribution in [2.45, 2.75) is 52.6 Å². The van der Waals surface area contributed by atoms with Crippen LogP contribution in [-0.4, -0.2) is 18.3 Å². The summed E-state index contributed by atoms with van der Waals surface area (Å²) in [5.74, 6) is 0.729. The van der Waals surface area contributed by atoms with Gasteiger partial charge in [-0.3, -0.25) is 0 Å². The first-order valence-electron chi connectivity index (χ1n) is 8.59. The minimum atomic E-state index is 0.191. The summed E-state index contributed by atoms with van der Waals surface area (Å²) in [6, 6.07) is 13.0. The molecule has 2 aromatic rings. The molecule has 0 amide bonds. The van der Waals surface area contributed by atoms with E-state index in [1.807, 2.05) is 12.1 Å². The van der Waals surface area contributed by atoms with Crippen LogP contribution in [0.4, 0.5) is 0 Å². The topological polar surface area (TPSA) is 41.5 Å². The van der Waals surface area contributed by atoms with Crippen LogP contribution in [-0.2, 0) is 6.42 Å². The summed E-state index contributed by atoms with van der Waals surface area (Å²) >= 11 is 0. The van der Waals surface area contributed by atoms with E-state index in [2.05, 4.69) is 51.2 Å². The Morgan fingerprint density at radius 2 is 1.79 bits per heavy atom. The van der Waals surface area contributed by atoms with Crippen LogP contribution in [0.5, 0.6) is 11.5 Å². The third-order valence-electron chi connectivity index (χ3n) is 4.68. The first kappa shape index (κ1) is 18.3. The second kappa shape index (κ2) is 8.20. The van der Waals surface area contributed by atoms with Crippen LogP contribution in [0.2, 0.25) is 0 Å². The van der Waals surface area contributed by atoms with E-state index in [4.69, 9.17) is 4.74 Å². The zero-order valence-electron chi connectivity index (χ0n) is 15.4.